The van der Waals surface area contributed by atoms with E-state index in [9.17, 15) is 4.79 Å². The van der Waals surface area contributed by atoms with Gasteiger partial charge in [-0.2, -0.15) is 0 Å². The lowest BCUT2D eigenvalue weighted by Crippen LogP contribution is -2.24. The largest absolute Gasteiger partial charge is 0.481 e. The van der Waals surface area contributed by atoms with Crippen LogP contribution < -0.4 is 0 Å². The molecular formula is C15H17NO2. The van der Waals surface area contributed by atoms with Gasteiger partial charge in [-0.1, -0.05) is 12.1 Å². The van der Waals surface area contributed by atoms with Gasteiger partial charge in [-0.3, -0.25) is 9.78 Å². The fourth-order valence-corrected chi connectivity index (χ4v) is 1.84. The zero-order valence-electron chi connectivity index (χ0n) is 10.7. The average molecular weight is 243 g/mol. The summed E-state index contributed by atoms with van der Waals surface area (Å²) in [5, 5.41) is 10.2. The van der Waals surface area contributed by atoms with Crippen LogP contribution in [-0.2, 0) is 11.2 Å². The van der Waals surface area contributed by atoms with Gasteiger partial charge in [-0.05, 0) is 50.5 Å². The molecule has 0 bridgehead atoms. The van der Waals surface area contributed by atoms with Crippen molar-refractivity contribution < 1.29 is 9.90 Å². The molecule has 0 aliphatic rings. The third-order valence-electron chi connectivity index (χ3n) is 3.29. The smallest absolute Gasteiger partial charge is 0.309 e. The van der Waals surface area contributed by atoms with Crippen molar-refractivity contribution in [3.05, 3.63) is 42.1 Å². The van der Waals surface area contributed by atoms with E-state index in [2.05, 4.69) is 11.1 Å². The normalized spacial score (nSPS) is 11.7. The van der Waals surface area contributed by atoms with E-state index < -0.39 is 11.4 Å². The first-order chi connectivity index (χ1) is 8.49. The number of aliphatic carboxylic acids is 1. The summed E-state index contributed by atoms with van der Waals surface area (Å²) in [6, 6.07) is 10.0. The van der Waals surface area contributed by atoms with E-state index in [1.165, 1.54) is 0 Å². The molecule has 0 fully saturated rings. The molecule has 3 nitrogen and oxygen atoms in total. The molecule has 1 aromatic heterocycles. The molecule has 0 saturated heterocycles. The van der Waals surface area contributed by atoms with Crippen LogP contribution in [0.5, 0.6) is 0 Å². The van der Waals surface area contributed by atoms with E-state index in [1.807, 2.05) is 24.3 Å². The molecule has 0 radical (unpaired) electrons. The number of hydrogen-bond donors (Lipinski definition) is 1. The zero-order valence-corrected chi connectivity index (χ0v) is 10.7. The maximum atomic E-state index is 11.0. The van der Waals surface area contributed by atoms with E-state index in [4.69, 9.17) is 5.11 Å². The van der Waals surface area contributed by atoms with E-state index >= 15 is 0 Å². The summed E-state index contributed by atoms with van der Waals surface area (Å²) < 4.78 is 0. The van der Waals surface area contributed by atoms with Gasteiger partial charge >= 0.3 is 5.97 Å². The molecule has 0 amide bonds. The fourth-order valence-electron chi connectivity index (χ4n) is 1.84. The molecule has 1 heterocycles. The summed E-state index contributed by atoms with van der Waals surface area (Å²) in [7, 11) is 0. The van der Waals surface area contributed by atoms with Crippen molar-refractivity contribution in [1.29, 1.82) is 0 Å². The Morgan fingerprint density at radius 1 is 1.33 bits per heavy atom. The van der Waals surface area contributed by atoms with Crippen molar-refractivity contribution >= 4 is 16.9 Å². The van der Waals surface area contributed by atoms with E-state index in [-0.39, 0.29) is 0 Å². The van der Waals surface area contributed by atoms with Gasteiger partial charge in [0.15, 0.2) is 0 Å². The summed E-state index contributed by atoms with van der Waals surface area (Å²) >= 11 is 0. The molecule has 1 aromatic carbocycles. The first kappa shape index (κ1) is 12.6. The Morgan fingerprint density at radius 2 is 2.11 bits per heavy atom. The number of carboxylic acid groups (broad SMARTS) is 1. The summed E-state index contributed by atoms with van der Waals surface area (Å²) in [5.74, 6) is -0.745. The third kappa shape index (κ3) is 2.67. The lowest BCUT2D eigenvalue weighted by molar-refractivity contribution is -0.147. The molecule has 0 unspecified atom stereocenters. The van der Waals surface area contributed by atoms with Crippen molar-refractivity contribution in [2.75, 3.05) is 0 Å². The second-order valence-corrected chi connectivity index (χ2v) is 5.22. The minimum absolute atomic E-state index is 0.633. The maximum absolute atomic E-state index is 11.0. The number of pyridine rings is 1. The van der Waals surface area contributed by atoms with Crippen molar-refractivity contribution in [2.24, 2.45) is 5.41 Å². The molecule has 2 rings (SSSR count). The van der Waals surface area contributed by atoms with Crippen molar-refractivity contribution in [3.63, 3.8) is 0 Å². The Morgan fingerprint density at radius 3 is 2.83 bits per heavy atom. The predicted molar refractivity (Wildman–Crippen MR) is 71.5 cm³/mol. The molecule has 0 saturated carbocycles. The Balaban J connectivity index is 2.15. The average Bonchev–Trinajstić information content (AvgIpc) is 2.36. The van der Waals surface area contributed by atoms with Crippen LogP contribution in [-0.4, -0.2) is 16.1 Å². The Bertz CT molecular complexity index is 575. The van der Waals surface area contributed by atoms with Gasteiger partial charge < -0.3 is 5.11 Å². The SMILES string of the molecule is CC(C)(CCc1ccc2ncccc2c1)C(=O)O. The molecule has 18 heavy (non-hydrogen) atoms. The van der Waals surface area contributed by atoms with Gasteiger partial charge in [-0.15, -0.1) is 0 Å². The number of aromatic nitrogens is 1. The van der Waals surface area contributed by atoms with Gasteiger partial charge in [-0.25, -0.2) is 0 Å². The molecule has 2 aromatic rings. The third-order valence-corrected chi connectivity index (χ3v) is 3.29. The van der Waals surface area contributed by atoms with Crippen molar-refractivity contribution in [2.45, 2.75) is 26.7 Å². The van der Waals surface area contributed by atoms with Gasteiger partial charge in [0.25, 0.3) is 0 Å². The highest BCUT2D eigenvalue weighted by molar-refractivity contribution is 5.79. The number of nitrogens with zero attached hydrogens (tertiary/aromatic N) is 1. The Labute approximate surface area is 106 Å². The highest BCUT2D eigenvalue weighted by atomic mass is 16.4. The Kier molecular flexibility index (Phi) is 3.32. The van der Waals surface area contributed by atoms with Crippen LogP contribution in [0, 0.1) is 5.41 Å². The van der Waals surface area contributed by atoms with Crippen LogP contribution in [0.1, 0.15) is 25.8 Å². The molecule has 1 N–H and O–H groups in total. The minimum Gasteiger partial charge on any atom is -0.481 e. The van der Waals surface area contributed by atoms with Crippen LogP contribution in [0.3, 0.4) is 0 Å². The summed E-state index contributed by atoms with van der Waals surface area (Å²) in [4.78, 5) is 15.3. The number of carbonyl (C=O) groups is 1. The second-order valence-electron chi connectivity index (χ2n) is 5.22. The first-order valence-corrected chi connectivity index (χ1v) is 6.06. The summed E-state index contributed by atoms with van der Waals surface area (Å²) in [6.07, 6.45) is 3.17. The zero-order chi connectivity index (χ0) is 13.2. The fraction of sp³-hybridized carbons (Fsp3) is 0.333. The molecular weight excluding hydrogens is 226 g/mol. The highest BCUT2D eigenvalue weighted by Crippen LogP contribution is 2.24. The molecule has 3 heteroatoms. The number of benzene rings is 1. The standard InChI is InChI=1S/C15H17NO2/c1-15(2,14(17)18)8-7-11-5-6-13-12(10-11)4-3-9-16-13/h3-6,9-10H,7-8H2,1-2H3,(H,17,18). The quantitative estimate of drug-likeness (QED) is 0.896. The number of rotatable bonds is 4. The van der Waals surface area contributed by atoms with Gasteiger partial charge in [0.1, 0.15) is 0 Å². The number of carboxylic acids is 1. The lowest BCUT2D eigenvalue weighted by atomic mass is 9.86. The molecule has 0 aliphatic carbocycles. The molecule has 0 atom stereocenters. The summed E-state index contributed by atoms with van der Waals surface area (Å²) in [6.45, 7) is 3.52. The van der Waals surface area contributed by atoms with Crippen LogP contribution in [0.2, 0.25) is 0 Å². The first-order valence-electron chi connectivity index (χ1n) is 6.06. The van der Waals surface area contributed by atoms with Crippen LogP contribution in [0.15, 0.2) is 36.5 Å². The monoisotopic (exact) mass is 243 g/mol. The van der Waals surface area contributed by atoms with E-state index in [0.717, 1.165) is 22.9 Å². The van der Waals surface area contributed by atoms with Crippen LogP contribution in [0.25, 0.3) is 10.9 Å². The van der Waals surface area contributed by atoms with Crippen LogP contribution in [0.4, 0.5) is 0 Å². The lowest BCUT2D eigenvalue weighted by Gasteiger charge is -2.18. The molecule has 0 aliphatic heterocycles. The van der Waals surface area contributed by atoms with E-state index in [0.29, 0.717) is 6.42 Å². The number of hydrogen-bond acceptors (Lipinski definition) is 2. The maximum Gasteiger partial charge on any atom is 0.309 e. The molecule has 94 valence electrons. The van der Waals surface area contributed by atoms with Gasteiger partial charge in [0.05, 0.1) is 10.9 Å². The van der Waals surface area contributed by atoms with E-state index in [1.54, 1.807) is 20.0 Å². The Hall–Kier alpha value is -1.90. The molecule has 0 spiro atoms. The van der Waals surface area contributed by atoms with Gasteiger partial charge in [0, 0.05) is 11.6 Å². The number of fused-ring (bicyclic) bond motifs is 1. The highest BCUT2D eigenvalue weighted by Gasteiger charge is 2.26. The minimum atomic E-state index is -0.745. The topological polar surface area (TPSA) is 50.2 Å². The summed E-state index contributed by atoms with van der Waals surface area (Å²) in [5.41, 5.74) is 1.45. The van der Waals surface area contributed by atoms with Crippen LogP contribution >= 0.6 is 0 Å². The van der Waals surface area contributed by atoms with Gasteiger partial charge in [0.2, 0.25) is 0 Å². The van der Waals surface area contributed by atoms with Crippen molar-refractivity contribution in [1.82, 2.24) is 4.98 Å². The number of aryl methyl sites for hydroxylation is 1. The second kappa shape index (κ2) is 4.77. The van der Waals surface area contributed by atoms with Crippen molar-refractivity contribution in [3.8, 4) is 0 Å². The predicted octanol–water partition coefficient (Wildman–Crippen LogP) is 3.28.